The smallest absolute Gasteiger partial charge is 0.410 e. The van der Waals surface area contributed by atoms with Crippen molar-refractivity contribution in [3.05, 3.63) is 65.7 Å². The monoisotopic (exact) mass is 382 g/mol. The van der Waals surface area contributed by atoms with E-state index in [4.69, 9.17) is 9.47 Å². The highest BCUT2D eigenvalue weighted by Gasteiger charge is 2.24. The molecule has 1 heterocycles. The first kappa shape index (κ1) is 19.7. The van der Waals surface area contributed by atoms with Gasteiger partial charge in [-0.25, -0.2) is 4.79 Å². The topological polar surface area (TPSA) is 67.9 Å². The number of benzene rings is 2. The van der Waals surface area contributed by atoms with Crippen LogP contribution in [-0.4, -0.2) is 42.6 Å². The van der Waals surface area contributed by atoms with Crippen LogP contribution < -0.4 is 10.1 Å². The van der Waals surface area contributed by atoms with Gasteiger partial charge in [0.1, 0.15) is 12.4 Å². The second-order valence-corrected chi connectivity index (χ2v) is 6.97. The molecule has 0 saturated carbocycles. The number of carbonyl (C=O) groups is 2. The minimum absolute atomic E-state index is 0.0115. The van der Waals surface area contributed by atoms with Crippen LogP contribution in [0.3, 0.4) is 0 Å². The van der Waals surface area contributed by atoms with Crippen molar-refractivity contribution in [2.75, 3.05) is 19.7 Å². The zero-order valence-corrected chi connectivity index (χ0v) is 16.1. The fourth-order valence-corrected chi connectivity index (χ4v) is 3.07. The number of aryl methyl sites for hydroxylation is 1. The van der Waals surface area contributed by atoms with E-state index in [-0.39, 0.29) is 31.3 Å². The van der Waals surface area contributed by atoms with Gasteiger partial charge in [0.25, 0.3) is 5.91 Å². The number of hydrogen-bond acceptors (Lipinski definition) is 4. The molecule has 0 aromatic heterocycles. The Morgan fingerprint density at radius 1 is 1.04 bits per heavy atom. The van der Waals surface area contributed by atoms with Crippen molar-refractivity contribution in [1.82, 2.24) is 10.2 Å². The molecule has 6 nitrogen and oxygen atoms in total. The number of likely N-dealkylation sites (tertiary alicyclic amines) is 1. The number of ether oxygens (including phenoxy) is 2. The van der Waals surface area contributed by atoms with Crippen LogP contribution in [0.2, 0.25) is 0 Å². The molecule has 1 saturated heterocycles. The van der Waals surface area contributed by atoms with E-state index in [0.717, 1.165) is 11.1 Å². The maximum Gasteiger partial charge on any atom is 0.410 e. The van der Waals surface area contributed by atoms with E-state index >= 15 is 0 Å². The van der Waals surface area contributed by atoms with Gasteiger partial charge < -0.3 is 19.7 Å². The van der Waals surface area contributed by atoms with Crippen molar-refractivity contribution in [1.29, 1.82) is 0 Å². The summed E-state index contributed by atoms with van der Waals surface area (Å²) < 4.78 is 10.9. The Morgan fingerprint density at radius 3 is 2.39 bits per heavy atom. The summed E-state index contributed by atoms with van der Waals surface area (Å²) in [7, 11) is 0. The number of nitrogens with one attached hydrogen (secondary N) is 1. The van der Waals surface area contributed by atoms with Gasteiger partial charge in [-0.2, -0.15) is 0 Å². The molecule has 2 aromatic carbocycles. The Hall–Kier alpha value is -3.02. The van der Waals surface area contributed by atoms with Gasteiger partial charge in [0, 0.05) is 19.1 Å². The van der Waals surface area contributed by atoms with Crippen LogP contribution in [0.5, 0.6) is 5.75 Å². The van der Waals surface area contributed by atoms with E-state index in [0.29, 0.717) is 31.7 Å². The van der Waals surface area contributed by atoms with Gasteiger partial charge in [-0.3, -0.25) is 4.79 Å². The molecule has 1 fully saturated rings. The van der Waals surface area contributed by atoms with Crippen molar-refractivity contribution < 1.29 is 19.1 Å². The van der Waals surface area contributed by atoms with Gasteiger partial charge in [-0.15, -0.1) is 0 Å². The van der Waals surface area contributed by atoms with Gasteiger partial charge in [0.15, 0.2) is 6.61 Å². The molecule has 3 rings (SSSR count). The molecule has 1 aliphatic rings. The molecule has 2 amide bonds. The van der Waals surface area contributed by atoms with Crippen molar-refractivity contribution in [3.8, 4) is 5.75 Å². The van der Waals surface area contributed by atoms with E-state index < -0.39 is 0 Å². The fraction of sp³-hybridized carbons (Fsp3) is 0.364. The molecular weight excluding hydrogens is 356 g/mol. The van der Waals surface area contributed by atoms with E-state index in [1.165, 1.54) is 0 Å². The SMILES string of the molecule is Cc1ccc(OCC(=O)NC2CCN(C(=O)OCc3ccccc3)CC2)cc1. The Balaban J connectivity index is 1.34. The molecule has 0 unspecified atom stereocenters. The van der Waals surface area contributed by atoms with Gasteiger partial charge in [0.05, 0.1) is 0 Å². The third-order valence-electron chi connectivity index (χ3n) is 4.71. The van der Waals surface area contributed by atoms with Crippen LogP contribution in [0.1, 0.15) is 24.0 Å². The summed E-state index contributed by atoms with van der Waals surface area (Å²) in [4.78, 5) is 26.0. The van der Waals surface area contributed by atoms with Gasteiger partial charge in [-0.05, 0) is 37.5 Å². The van der Waals surface area contributed by atoms with E-state index in [2.05, 4.69) is 5.32 Å². The molecule has 1 N–H and O–H groups in total. The minimum atomic E-state index is -0.309. The molecular formula is C22H26N2O4. The average molecular weight is 382 g/mol. The normalized spacial score (nSPS) is 14.4. The fourth-order valence-electron chi connectivity index (χ4n) is 3.07. The van der Waals surface area contributed by atoms with Gasteiger partial charge in [0.2, 0.25) is 0 Å². The lowest BCUT2D eigenvalue weighted by Crippen LogP contribution is -2.47. The third-order valence-corrected chi connectivity index (χ3v) is 4.71. The molecule has 6 heteroatoms. The minimum Gasteiger partial charge on any atom is -0.484 e. The van der Waals surface area contributed by atoms with E-state index in [9.17, 15) is 9.59 Å². The molecule has 2 aromatic rings. The van der Waals surface area contributed by atoms with Crippen molar-refractivity contribution in [2.24, 2.45) is 0 Å². The van der Waals surface area contributed by atoms with Crippen LogP contribution >= 0.6 is 0 Å². The molecule has 148 valence electrons. The van der Waals surface area contributed by atoms with Gasteiger partial charge in [-0.1, -0.05) is 48.0 Å². The Kier molecular flexibility index (Phi) is 6.89. The molecule has 0 radical (unpaired) electrons. The summed E-state index contributed by atoms with van der Waals surface area (Å²) in [5, 5.41) is 2.98. The molecule has 0 aliphatic carbocycles. The van der Waals surface area contributed by atoms with Crippen molar-refractivity contribution in [3.63, 3.8) is 0 Å². The summed E-state index contributed by atoms with van der Waals surface area (Å²) >= 11 is 0. The Morgan fingerprint density at radius 2 is 1.71 bits per heavy atom. The summed E-state index contributed by atoms with van der Waals surface area (Å²) in [5.74, 6) is 0.530. The lowest BCUT2D eigenvalue weighted by Gasteiger charge is -2.31. The zero-order chi connectivity index (χ0) is 19.8. The molecule has 28 heavy (non-hydrogen) atoms. The first-order valence-electron chi connectivity index (χ1n) is 9.54. The average Bonchev–Trinajstić information content (AvgIpc) is 2.73. The van der Waals surface area contributed by atoms with Crippen LogP contribution in [0.25, 0.3) is 0 Å². The number of piperidine rings is 1. The second kappa shape index (κ2) is 9.78. The number of rotatable bonds is 6. The zero-order valence-electron chi connectivity index (χ0n) is 16.1. The maximum absolute atomic E-state index is 12.2. The predicted molar refractivity (Wildman–Crippen MR) is 106 cm³/mol. The molecule has 1 aliphatic heterocycles. The van der Waals surface area contributed by atoms with Crippen molar-refractivity contribution in [2.45, 2.75) is 32.4 Å². The first-order chi connectivity index (χ1) is 13.6. The summed E-state index contributed by atoms with van der Waals surface area (Å²) in [6, 6.07) is 17.2. The summed E-state index contributed by atoms with van der Waals surface area (Å²) in [6.45, 7) is 3.39. The lowest BCUT2D eigenvalue weighted by atomic mass is 10.1. The lowest BCUT2D eigenvalue weighted by molar-refractivity contribution is -0.124. The summed E-state index contributed by atoms with van der Waals surface area (Å²) in [6.07, 6.45) is 1.10. The number of carbonyl (C=O) groups excluding carboxylic acids is 2. The Bertz CT molecular complexity index is 769. The maximum atomic E-state index is 12.2. The Labute approximate surface area is 165 Å². The number of amides is 2. The second-order valence-electron chi connectivity index (χ2n) is 6.97. The first-order valence-corrected chi connectivity index (χ1v) is 9.54. The highest BCUT2D eigenvalue weighted by Crippen LogP contribution is 2.14. The number of nitrogens with zero attached hydrogens (tertiary/aromatic N) is 1. The standard InChI is InChI=1S/C22H26N2O4/c1-17-7-9-20(10-8-17)27-16-21(25)23-19-11-13-24(14-12-19)22(26)28-15-18-5-3-2-4-6-18/h2-10,19H,11-16H2,1H3,(H,23,25). The summed E-state index contributed by atoms with van der Waals surface area (Å²) in [5.41, 5.74) is 2.11. The molecule has 0 bridgehead atoms. The van der Waals surface area contributed by atoms with Gasteiger partial charge >= 0.3 is 6.09 Å². The highest BCUT2D eigenvalue weighted by atomic mass is 16.6. The van der Waals surface area contributed by atoms with Crippen LogP contribution in [-0.2, 0) is 16.1 Å². The largest absolute Gasteiger partial charge is 0.484 e. The quantitative estimate of drug-likeness (QED) is 0.832. The van der Waals surface area contributed by atoms with Crippen LogP contribution in [0.15, 0.2) is 54.6 Å². The van der Waals surface area contributed by atoms with Crippen LogP contribution in [0, 0.1) is 6.92 Å². The van der Waals surface area contributed by atoms with E-state index in [1.54, 1.807) is 4.90 Å². The molecule has 0 spiro atoms. The third kappa shape index (κ3) is 6.01. The van der Waals surface area contributed by atoms with E-state index in [1.807, 2.05) is 61.5 Å². The predicted octanol–water partition coefficient (Wildman–Crippen LogP) is 3.29. The van der Waals surface area contributed by atoms with Crippen LogP contribution in [0.4, 0.5) is 4.79 Å². The number of hydrogen-bond donors (Lipinski definition) is 1. The molecule has 0 atom stereocenters. The highest BCUT2D eigenvalue weighted by molar-refractivity contribution is 5.78. The van der Waals surface area contributed by atoms with Crippen molar-refractivity contribution >= 4 is 12.0 Å².